The number of furan rings is 1. The van der Waals surface area contributed by atoms with Crippen LogP contribution >= 0.6 is 0 Å². The maximum Gasteiger partial charge on any atom is 0.416 e. The van der Waals surface area contributed by atoms with Crippen LogP contribution in [0.2, 0.25) is 0 Å². The molecular formula is C29H34F3N3O6. The average molecular weight is 578 g/mol. The van der Waals surface area contributed by atoms with Gasteiger partial charge in [0, 0.05) is 32.5 Å². The van der Waals surface area contributed by atoms with Gasteiger partial charge in [0.15, 0.2) is 11.5 Å². The molecule has 0 saturated carbocycles. The Morgan fingerprint density at radius 1 is 0.927 bits per heavy atom. The minimum Gasteiger partial charge on any atom is -0.493 e. The first-order valence-corrected chi connectivity index (χ1v) is 12.9. The van der Waals surface area contributed by atoms with Crippen LogP contribution in [0.4, 0.5) is 23.7 Å². The summed E-state index contributed by atoms with van der Waals surface area (Å²) in [6, 6.07) is 12.5. The van der Waals surface area contributed by atoms with Gasteiger partial charge < -0.3 is 33.7 Å². The molecule has 0 aliphatic rings. The summed E-state index contributed by atoms with van der Waals surface area (Å²) in [5.41, 5.74) is 0.260. The Morgan fingerprint density at radius 3 is 2.27 bits per heavy atom. The topological polar surface area (TPSA) is 93.5 Å². The van der Waals surface area contributed by atoms with Crippen molar-refractivity contribution in [3.63, 3.8) is 0 Å². The highest BCUT2D eigenvalue weighted by Crippen LogP contribution is 2.30. The van der Waals surface area contributed by atoms with Gasteiger partial charge in [-0.05, 0) is 66.9 Å². The number of nitrogens with zero attached hydrogens (tertiary/aromatic N) is 2. The Hall–Kier alpha value is -4.19. The van der Waals surface area contributed by atoms with E-state index < -0.39 is 17.8 Å². The number of benzene rings is 2. The first-order chi connectivity index (χ1) is 19.6. The van der Waals surface area contributed by atoms with Crippen molar-refractivity contribution in [2.75, 3.05) is 52.9 Å². The second kappa shape index (κ2) is 15.0. The number of methoxy groups -OCH3 is 3. The van der Waals surface area contributed by atoms with Gasteiger partial charge in [-0.1, -0.05) is 6.07 Å². The van der Waals surface area contributed by atoms with Gasteiger partial charge >= 0.3 is 12.2 Å². The van der Waals surface area contributed by atoms with Crippen LogP contribution in [0.25, 0.3) is 0 Å². The molecule has 0 bridgehead atoms. The Bertz CT molecular complexity index is 1250. The van der Waals surface area contributed by atoms with Crippen molar-refractivity contribution >= 4 is 17.6 Å². The number of hydrogen-bond acceptors (Lipinski definition) is 6. The molecule has 2 aromatic carbocycles. The van der Waals surface area contributed by atoms with Crippen LogP contribution in [0.3, 0.4) is 0 Å². The average Bonchev–Trinajstić information content (AvgIpc) is 3.47. The molecule has 0 saturated heterocycles. The minimum absolute atomic E-state index is 0.174. The highest BCUT2D eigenvalue weighted by Gasteiger charge is 2.30. The SMILES string of the molecule is COCCCN(CC(=O)N(CCc1ccc(OC)c(OC)c1)Cc1ccco1)C(=O)Nc1ccc(C(F)(F)F)cc1. The number of carbonyl (C=O) groups excluding carboxylic acids is 2. The van der Waals surface area contributed by atoms with Gasteiger partial charge in [-0.25, -0.2) is 4.79 Å². The second-order valence-corrected chi connectivity index (χ2v) is 9.11. The number of urea groups is 1. The van der Waals surface area contributed by atoms with Crippen LogP contribution in [0.15, 0.2) is 65.3 Å². The molecule has 12 heteroatoms. The lowest BCUT2D eigenvalue weighted by atomic mass is 10.1. The third-order valence-electron chi connectivity index (χ3n) is 6.25. The number of nitrogens with one attached hydrogen (secondary N) is 1. The number of anilines is 1. The third kappa shape index (κ3) is 9.45. The zero-order valence-electron chi connectivity index (χ0n) is 23.2. The zero-order valence-corrected chi connectivity index (χ0v) is 23.2. The molecule has 3 aromatic rings. The van der Waals surface area contributed by atoms with E-state index in [1.165, 1.54) is 30.4 Å². The van der Waals surface area contributed by atoms with E-state index in [1.54, 1.807) is 37.3 Å². The summed E-state index contributed by atoms with van der Waals surface area (Å²) in [6.45, 7) is 0.791. The van der Waals surface area contributed by atoms with E-state index in [4.69, 9.17) is 18.6 Å². The van der Waals surface area contributed by atoms with Gasteiger partial charge in [-0.3, -0.25) is 4.79 Å². The van der Waals surface area contributed by atoms with Gasteiger partial charge in [-0.2, -0.15) is 13.2 Å². The van der Waals surface area contributed by atoms with Crippen molar-refractivity contribution in [3.05, 3.63) is 77.7 Å². The van der Waals surface area contributed by atoms with Crippen LogP contribution in [-0.4, -0.2) is 69.3 Å². The molecule has 1 N–H and O–H groups in total. The molecule has 3 rings (SSSR count). The Kier molecular flexibility index (Phi) is 11.5. The largest absolute Gasteiger partial charge is 0.493 e. The first kappa shape index (κ1) is 31.3. The molecule has 1 aromatic heterocycles. The van der Waals surface area contributed by atoms with E-state index in [0.29, 0.717) is 43.3 Å². The van der Waals surface area contributed by atoms with Gasteiger partial charge in [0.1, 0.15) is 12.3 Å². The summed E-state index contributed by atoms with van der Waals surface area (Å²) in [6.07, 6.45) is -2.03. The molecule has 3 amide bonds. The number of hydrogen-bond donors (Lipinski definition) is 1. The molecule has 0 radical (unpaired) electrons. The van der Waals surface area contributed by atoms with Crippen LogP contribution in [0.1, 0.15) is 23.3 Å². The number of halogens is 3. The van der Waals surface area contributed by atoms with E-state index in [9.17, 15) is 22.8 Å². The molecule has 222 valence electrons. The summed E-state index contributed by atoms with van der Waals surface area (Å²) in [5, 5.41) is 2.58. The lowest BCUT2D eigenvalue weighted by Crippen LogP contribution is -2.45. The quantitative estimate of drug-likeness (QED) is 0.256. The number of rotatable bonds is 14. The number of amides is 3. The smallest absolute Gasteiger partial charge is 0.416 e. The zero-order chi connectivity index (χ0) is 29.8. The fourth-order valence-electron chi connectivity index (χ4n) is 4.04. The van der Waals surface area contributed by atoms with E-state index in [0.717, 1.165) is 17.7 Å². The maximum absolute atomic E-state index is 13.5. The Balaban J connectivity index is 1.74. The van der Waals surface area contributed by atoms with Crippen LogP contribution in [-0.2, 0) is 28.7 Å². The van der Waals surface area contributed by atoms with Crippen molar-refractivity contribution in [2.45, 2.75) is 25.6 Å². The molecule has 0 fully saturated rings. The van der Waals surface area contributed by atoms with E-state index in [2.05, 4.69) is 5.32 Å². The van der Waals surface area contributed by atoms with Crippen molar-refractivity contribution in [1.29, 1.82) is 0 Å². The van der Waals surface area contributed by atoms with Crippen LogP contribution < -0.4 is 14.8 Å². The van der Waals surface area contributed by atoms with Crippen LogP contribution in [0.5, 0.6) is 11.5 Å². The summed E-state index contributed by atoms with van der Waals surface area (Å²) < 4.78 is 60.0. The van der Waals surface area contributed by atoms with Crippen molar-refractivity contribution in [2.24, 2.45) is 0 Å². The predicted molar refractivity (Wildman–Crippen MR) is 146 cm³/mol. The highest BCUT2D eigenvalue weighted by molar-refractivity contribution is 5.92. The molecule has 0 aliphatic heterocycles. The predicted octanol–water partition coefficient (Wildman–Crippen LogP) is 5.46. The Labute approximate surface area is 236 Å². The van der Waals surface area contributed by atoms with Gasteiger partial charge in [0.05, 0.1) is 32.6 Å². The van der Waals surface area contributed by atoms with Gasteiger partial charge in [-0.15, -0.1) is 0 Å². The fourth-order valence-corrected chi connectivity index (χ4v) is 4.04. The summed E-state index contributed by atoms with van der Waals surface area (Å²) in [4.78, 5) is 29.5. The summed E-state index contributed by atoms with van der Waals surface area (Å²) in [5.74, 6) is 1.40. The van der Waals surface area contributed by atoms with Crippen LogP contribution in [0, 0.1) is 0 Å². The highest BCUT2D eigenvalue weighted by atomic mass is 19.4. The number of alkyl halides is 3. The second-order valence-electron chi connectivity index (χ2n) is 9.11. The third-order valence-corrected chi connectivity index (χ3v) is 6.25. The Morgan fingerprint density at radius 2 is 1.66 bits per heavy atom. The molecule has 41 heavy (non-hydrogen) atoms. The maximum atomic E-state index is 13.5. The first-order valence-electron chi connectivity index (χ1n) is 12.9. The molecule has 0 atom stereocenters. The van der Waals surface area contributed by atoms with Crippen molar-refractivity contribution in [1.82, 2.24) is 9.80 Å². The van der Waals surface area contributed by atoms with Gasteiger partial charge in [0.25, 0.3) is 0 Å². The molecule has 1 heterocycles. The molecule has 9 nitrogen and oxygen atoms in total. The monoisotopic (exact) mass is 577 g/mol. The van der Waals surface area contributed by atoms with Crippen molar-refractivity contribution < 1.29 is 41.4 Å². The lowest BCUT2D eigenvalue weighted by Gasteiger charge is -2.27. The van der Waals surface area contributed by atoms with E-state index in [-0.39, 0.29) is 31.2 Å². The van der Waals surface area contributed by atoms with Crippen molar-refractivity contribution in [3.8, 4) is 11.5 Å². The summed E-state index contributed by atoms with van der Waals surface area (Å²) >= 11 is 0. The van der Waals surface area contributed by atoms with Gasteiger partial charge in [0.2, 0.25) is 5.91 Å². The molecule has 0 aliphatic carbocycles. The minimum atomic E-state index is -4.49. The van der Waals surface area contributed by atoms with E-state index >= 15 is 0 Å². The van der Waals surface area contributed by atoms with E-state index in [1.807, 2.05) is 12.1 Å². The molecule has 0 spiro atoms. The standard InChI is InChI=1S/C29H34F3N3O6/c1-38-16-5-14-35(28(37)33-23-10-8-22(9-11-23)29(30,31)32)20-27(36)34(19-24-6-4-17-41-24)15-13-21-7-12-25(39-2)26(18-21)40-3/h4,6-12,17-18H,5,13-16,19-20H2,1-3H3,(H,33,37). The molecule has 0 unspecified atom stereocenters. The normalized spacial score (nSPS) is 11.2. The summed E-state index contributed by atoms with van der Waals surface area (Å²) in [7, 11) is 4.62. The number of carbonyl (C=O) groups is 2. The fraction of sp³-hybridized carbons (Fsp3) is 0.379. The number of ether oxygens (including phenoxy) is 3. The molecular weight excluding hydrogens is 543 g/mol. The lowest BCUT2D eigenvalue weighted by molar-refractivity contribution is -0.137.